The third kappa shape index (κ3) is 8.28. The normalized spacial score (nSPS) is 13.6. The Morgan fingerprint density at radius 1 is 1.15 bits per heavy atom. The number of likely N-dealkylation sites (N-methyl/N-ethyl adjacent to an activating group) is 2. The third-order valence-electron chi connectivity index (χ3n) is 3.89. The lowest BCUT2D eigenvalue weighted by molar-refractivity contribution is -0.164. The number of carbonyl (C=O) groups is 3. The fourth-order valence-corrected chi connectivity index (χ4v) is 2.28. The van der Waals surface area contributed by atoms with Crippen LogP contribution in [0, 0.1) is 0 Å². The monoisotopic (exact) mass is 382 g/mol. The van der Waals surface area contributed by atoms with Gasteiger partial charge in [0.05, 0.1) is 0 Å². The summed E-state index contributed by atoms with van der Waals surface area (Å²) in [6.45, 7) is 14.3. The van der Waals surface area contributed by atoms with Crippen molar-refractivity contribution in [1.29, 1.82) is 0 Å². The smallest absolute Gasteiger partial charge is 0.410 e. The molecule has 0 spiro atoms. The zero-order valence-corrected chi connectivity index (χ0v) is 17.9. The van der Waals surface area contributed by atoms with Crippen LogP contribution in [0.1, 0.15) is 48.0 Å². The number of ether oxygens (including phenoxy) is 2. The van der Waals surface area contributed by atoms with E-state index < -0.39 is 29.7 Å². The summed E-state index contributed by atoms with van der Waals surface area (Å²) in [5.74, 6) is -0.847. The number of nitrogens with zero attached hydrogens (tertiary/aromatic N) is 2. The summed E-state index contributed by atoms with van der Waals surface area (Å²) < 4.78 is 10.5. The number of allylic oxidation sites excluding steroid dienone is 1. The molecule has 0 fully saturated rings. The van der Waals surface area contributed by atoms with E-state index in [1.807, 2.05) is 6.92 Å². The zero-order valence-electron chi connectivity index (χ0n) is 17.9. The maximum Gasteiger partial charge on any atom is 0.410 e. The molecule has 7 nitrogen and oxygen atoms in total. The summed E-state index contributed by atoms with van der Waals surface area (Å²) in [6, 6.07) is -1.52. The van der Waals surface area contributed by atoms with Gasteiger partial charge in [-0.1, -0.05) is 25.7 Å². The van der Waals surface area contributed by atoms with E-state index in [2.05, 4.69) is 6.58 Å². The van der Waals surface area contributed by atoms with Gasteiger partial charge in [0.15, 0.2) is 0 Å². The second kappa shape index (κ2) is 10.7. The lowest BCUT2D eigenvalue weighted by atomic mass is 10.1. The average molecular weight is 383 g/mol. The molecule has 0 saturated carbocycles. The first-order valence-electron chi connectivity index (χ1n) is 9.05. The minimum Gasteiger partial charge on any atom is -0.458 e. The van der Waals surface area contributed by atoms with Crippen LogP contribution in [-0.4, -0.2) is 66.2 Å². The van der Waals surface area contributed by atoms with Gasteiger partial charge in [-0.25, -0.2) is 9.59 Å². The van der Waals surface area contributed by atoms with Crippen molar-refractivity contribution in [3.8, 4) is 0 Å². The number of rotatable bonds is 8. The van der Waals surface area contributed by atoms with E-state index >= 15 is 0 Å². The minimum absolute atomic E-state index is 0.0414. The second-order valence-electron chi connectivity index (χ2n) is 7.41. The summed E-state index contributed by atoms with van der Waals surface area (Å²) >= 11 is 0. The molecule has 0 aliphatic carbocycles. The van der Waals surface area contributed by atoms with E-state index in [9.17, 15) is 14.4 Å². The second-order valence-corrected chi connectivity index (χ2v) is 7.41. The number of carbonyl (C=O) groups excluding carboxylic acids is 3. The van der Waals surface area contributed by atoms with Gasteiger partial charge in [-0.2, -0.15) is 0 Å². The van der Waals surface area contributed by atoms with Crippen molar-refractivity contribution in [3.05, 3.63) is 24.3 Å². The first-order valence-corrected chi connectivity index (χ1v) is 9.05. The van der Waals surface area contributed by atoms with Crippen LogP contribution in [0.15, 0.2) is 24.3 Å². The van der Waals surface area contributed by atoms with Crippen molar-refractivity contribution in [3.63, 3.8) is 0 Å². The number of hydrogen-bond donors (Lipinski definition) is 0. The number of esters is 1. The molecule has 0 aliphatic rings. The highest BCUT2D eigenvalue weighted by Crippen LogP contribution is 2.15. The number of hydrogen-bond acceptors (Lipinski definition) is 5. The van der Waals surface area contributed by atoms with Crippen LogP contribution in [0.25, 0.3) is 0 Å². The first-order chi connectivity index (χ1) is 12.4. The highest BCUT2D eigenvalue weighted by molar-refractivity contribution is 5.89. The van der Waals surface area contributed by atoms with Gasteiger partial charge in [0.1, 0.15) is 24.3 Å². The predicted molar refractivity (Wildman–Crippen MR) is 105 cm³/mol. The molecule has 0 unspecified atom stereocenters. The fourth-order valence-electron chi connectivity index (χ4n) is 2.28. The van der Waals surface area contributed by atoms with Crippen molar-refractivity contribution in [1.82, 2.24) is 9.80 Å². The Bertz CT molecular complexity index is 577. The molecule has 27 heavy (non-hydrogen) atoms. The van der Waals surface area contributed by atoms with Gasteiger partial charge in [-0.3, -0.25) is 9.69 Å². The van der Waals surface area contributed by atoms with Crippen LogP contribution in [-0.2, 0) is 19.1 Å². The molecule has 7 heteroatoms. The van der Waals surface area contributed by atoms with Crippen molar-refractivity contribution in [2.45, 2.75) is 65.6 Å². The van der Waals surface area contributed by atoms with Gasteiger partial charge in [0.25, 0.3) is 0 Å². The van der Waals surface area contributed by atoms with E-state index in [1.54, 1.807) is 46.8 Å². The van der Waals surface area contributed by atoms with Crippen molar-refractivity contribution < 1.29 is 23.9 Å². The van der Waals surface area contributed by atoms with Gasteiger partial charge < -0.3 is 14.4 Å². The van der Waals surface area contributed by atoms with E-state index in [1.165, 1.54) is 23.9 Å². The van der Waals surface area contributed by atoms with Crippen molar-refractivity contribution in [2.24, 2.45) is 0 Å². The van der Waals surface area contributed by atoms with Gasteiger partial charge in [-0.15, -0.1) is 0 Å². The van der Waals surface area contributed by atoms with E-state index in [-0.39, 0.29) is 12.5 Å². The fraction of sp³-hybridized carbons (Fsp3) is 0.650. The van der Waals surface area contributed by atoms with Crippen LogP contribution in [0.2, 0.25) is 0 Å². The Labute approximate surface area is 163 Å². The first kappa shape index (κ1) is 24.7. The Hall–Kier alpha value is -2.31. The maximum atomic E-state index is 12.7. The lowest BCUT2D eigenvalue weighted by Crippen LogP contribution is -2.52. The highest BCUT2D eigenvalue weighted by Gasteiger charge is 2.34. The molecular weight excluding hydrogens is 348 g/mol. The molecule has 2 amide bonds. The molecule has 0 saturated heterocycles. The predicted octanol–water partition coefficient (Wildman–Crippen LogP) is 3.15. The van der Waals surface area contributed by atoms with Gasteiger partial charge in [-0.05, 0) is 46.6 Å². The largest absolute Gasteiger partial charge is 0.458 e. The molecule has 0 N–H and O–H groups in total. The quantitative estimate of drug-likeness (QED) is 0.476. The molecule has 0 heterocycles. The molecule has 0 aromatic rings. The standard InChI is InChI=1S/C20H34N2O5/c1-10-12-14(3)13-26-19(25)21(8)15(4)17(23)22(9)16(11-2)18(24)27-20(5,6)7/h10,12,15-16H,3,11,13H2,1-2,4-9H3/b12-10-/t15-,16-/m0/s1. The van der Waals surface area contributed by atoms with Crippen LogP contribution in [0.5, 0.6) is 0 Å². The SMILES string of the molecule is C=C(/C=C\C)COC(=O)N(C)[C@@H](C)C(=O)N(C)[C@@H](CC)C(=O)OC(C)(C)C. The Morgan fingerprint density at radius 3 is 2.15 bits per heavy atom. The topological polar surface area (TPSA) is 76.2 Å². The summed E-state index contributed by atoms with van der Waals surface area (Å²) in [6.07, 6.45) is 3.30. The lowest BCUT2D eigenvalue weighted by Gasteiger charge is -2.33. The molecule has 154 valence electrons. The molecule has 2 atom stereocenters. The minimum atomic E-state index is -0.797. The van der Waals surface area contributed by atoms with Crippen LogP contribution < -0.4 is 0 Å². The molecule has 0 rings (SSSR count). The molecule has 0 aromatic heterocycles. The summed E-state index contributed by atoms with van der Waals surface area (Å²) in [7, 11) is 3.01. The van der Waals surface area contributed by atoms with Crippen LogP contribution in [0.3, 0.4) is 0 Å². The summed E-state index contributed by atoms with van der Waals surface area (Å²) in [4.78, 5) is 39.8. The third-order valence-corrected chi connectivity index (χ3v) is 3.89. The van der Waals surface area contributed by atoms with Crippen LogP contribution >= 0.6 is 0 Å². The summed E-state index contributed by atoms with van der Waals surface area (Å²) in [5, 5.41) is 0. The Balaban J connectivity index is 4.99. The average Bonchev–Trinajstić information content (AvgIpc) is 2.56. The van der Waals surface area contributed by atoms with Gasteiger partial charge in [0, 0.05) is 14.1 Å². The van der Waals surface area contributed by atoms with E-state index in [4.69, 9.17) is 9.47 Å². The van der Waals surface area contributed by atoms with Gasteiger partial charge in [0.2, 0.25) is 5.91 Å². The maximum absolute atomic E-state index is 12.7. The molecule has 0 aliphatic heterocycles. The molecule has 0 aromatic carbocycles. The highest BCUT2D eigenvalue weighted by atomic mass is 16.6. The number of amides is 2. The molecule has 0 radical (unpaired) electrons. The van der Waals surface area contributed by atoms with E-state index in [0.29, 0.717) is 12.0 Å². The molecular formula is C20H34N2O5. The molecule has 0 bridgehead atoms. The Kier molecular flexibility index (Phi) is 9.83. The van der Waals surface area contributed by atoms with Crippen LogP contribution in [0.4, 0.5) is 4.79 Å². The van der Waals surface area contributed by atoms with E-state index in [0.717, 1.165) is 0 Å². The Morgan fingerprint density at radius 2 is 1.70 bits per heavy atom. The van der Waals surface area contributed by atoms with Crippen molar-refractivity contribution >= 4 is 18.0 Å². The summed E-state index contributed by atoms with van der Waals surface area (Å²) in [5.41, 5.74) is 0.00182. The zero-order chi connectivity index (χ0) is 21.4. The van der Waals surface area contributed by atoms with Crippen molar-refractivity contribution in [2.75, 3.05) is 20.7 Å². The van der Waals surface area contributed by atoms with Gasteiger partial charge >= 0.3 is 12.1 Å².